The normalized spacial score (nSPS) is 43.3. The van der Waals surface area contributed by atoms with Crippen LogP contribution in [0, 0.1) is 23.2 Å². The molecular formula is C32H59N3O7. The molecule has 9 atom stereocenters. The fraction of sp³-hybridized carbons (Fsp3) is 0.938. The largest absolute Gasteiger partial charge is 0.463 e. The van der Waals surface area contributed by atoms with Gasteiger partial charge in [0, 0.05) is 37.7 Å². The fourth-order valence-corrected chi connectivity index (χ4v) is 7.61. The number of methoxy groups -OCH3 is 1. The number of nitrogens with two attached hydrogens (primary N) is 1. The molecule has 0 radical (unpaired) electrons. The Morgan fingerprint density at radius 2 is 1.69 bits per heavy atom. The van der Waals surface area contributed by atoms with Crippen LogP contribution in [0.3, 0.4) is 0 Å². The molecule has 10 nitrogen and oxygen atoms in total. The molecule has 2 heterocycles. The van der Waals surface area contributed by atoms with Crippen molar-refractivity contribution in [3.8, 4) is 0 Å². The van der Waals surface area contributed by atoms with Gasteiger partial charge in [0.15, 0.2) is 12.1 Å². The van der Waals surface area contributed by atoms with Crippen LogP contribution in [-0.2, 0) is 28.5 Å². The number of carbonyl (C=O) groups is 2. The van der Waals surface area contributed by atoms with Crippen molar-refractivity contribution < 1.29 is 33.6 Å². The molecule has 3 rings (SSSR count). The average Bonchev–Trinajstić information content (AvgIpc) is 2.92. The second-order valence-electron chi connectivity index (χ2n) is 14.5. The minimum Gasteiger partial charge on any atom is -0.463 e. The van der Waals surface area contributed by atoms with E-state index in [1.807, 2.05) is 13.8 Å². The van der Waals surface area contributed by atoms with Crippen LogP contribution in [0.5, 0.6) is 0 Å². The van der Waals surface area contributed by atoms with E-state index < -0.39 is 47.4 Å². The van der Waals surface area contributed by atoms with Gasteiger partial charge in [-0.05, 0) is 99.2 Å². The van der Waals surface area contributed by atoms with Crippen molar-refractivity contribution in [1.82, 2.24) is 9.80 Å². The molecule has 0 unspecified atom stereocenters. The number of nitrogens with zero attached hydrogens (tertiary/aromatic N) is 2. The second kappa shape index (κ2) is 14.3. The van der Waals surface area contributed by atoms with Crippen LogP contribution >= 0.6 is 0 Å². The first-order valence-corrected chi connectivity index (χ1v) is 15.9. The van der Waals surface area contributed by atoms with Gasteiger partial charge in [0.2, 0.25) is 0 Å². The van der Waals surface area contributed by atoms with Crippen molar-refractivity contribution in [3.05, 3.63) is 0 Å². The molecular weight excluding hydrogens is 538 g/mol. The van der Waals surface area contributed by atoms with Crippen LogP contribution in [0.15, 0.2) is 0 Å². The van der Waals surface area contributed by atoms with Crippen LogP contribution in [0.1, 0.15) is 80.1 Å². The highest BCUT2D eigenvalue weighted by molar-refractivity contribution is 6.04. The molecule has 0 spiro atoms. The Balaban J connectivity index is 1.95. The SMILES string of the molecule is CO[C@]1(C)C[C@@H](C)CN(C)[C@@H](C2CCC(N(C)C)CC2)COC(=O)C(C)(C)C(=O)[C@H](C)[C@H]1O[C@@H]1O[C@H](C)C[C@H](N)[C@H]1O. The highest BCUT2D eigenvalue weighted by Crippen LogP contribution is 2.39. The maximum absolute atomic E-state index is 14.1. The summed E-state index contributed by atoms with van der Waals surface area (Å²) in [5, 5.41) is 10.9. The Morgan fingerprint density at radius 3 is 2.26 bits per heavy atom. The molecule has 10 heteroatoms. The van der Waals surface area contributed by atoms with Gasteiger partial charge in [0.1, 0.15) is 18.1 Å². The number of ether oxygens (including phenoxy) is 4. The number of aliphatic hydroxyl groups is 1. The number of rotatable bonds is 5. The number of esters is 1. The summed E-state index contributed by atoms with van der Waals surface area (Å²) in [6.45, 7) is 12.0. The van der Waals surface area contributed by atoms with Gasteiger partial charge in [0.25, 0.3) is 0 Å². The predicted octanol–water partition coefficient (Wildman–Crippen LogP) is 2.84. The zero-order valence-electron chi connectivity index (χ0n) is 27.8. The number of hydrogen-bond donors (Lipinski definition) is 2. The van der Waals surface area contributed by atoms with Gasteiger partial charge >= 0.3 is 5.97 Å². The molecule has 42 heavy (non-hydrogen) atoms. The summed E-state index contributed by atoms with van der Waals surface area (Å²) in [6, 6.07) is 0.111. The quantitative estimate of drug-likeness (QED) is 0.361. The minimum atomic E-state index is -1.41. The lowest BCUT2D eigenvalue weighted by Gasteiger charge is -2.46. The molecule has 1 aliphatic carbocycles. The monoisotopic (exact) mass is 597 g/mol. The molecule has 3 N–H and O–H groups in total. The molecule has 0 aromatic carbocycles. The first kappa shape index (κ1) is 35.3. The van der Waals surface area contributed by atoms with E-state index in [1.54, 1.807) is 27.9 Å². The number of hydrogen-bond acceptors (Lipinski definition) is 10. The van der Waals surface area contributed by atoms with E-state index in [2.05, 4.69) is 37.9 Å². The Kier molecular flexibility index (Phi) is 12.0. The summed E-state index contributed by atoms with van der Waals surface area (Å²) in [5.41, 5.74) is 3.88. The molecule has 3 aliphatic rings. The van der Waals surface area contributed by atoms with Crippen LogP contribution in [0.2, 0.25) is 0 Å². The van der Waals surface area contributed by atoms with Crippen molar-refractivity contribution in [2.24, 2.45) is 28.9 Å². The number of likely N-dealkylation sites (N-methyl/N-ethyl adjacent to an activating group) is 1. The highest BCUT2D eigenvalue weighted by atomic mass is 16.7. The van der Waals surface area contributed by atoms with E-state index in [-0.39, 0.29) is 30.5 Å². The molecule has 0 amide bonds. The molecule has 0 aromatic heterocycles. The van der Waals surface area contributed by atoms with Gasteiger partial charge in [-0.15, -0.1) is 0 Å². The Labute approximate surface area is 253 Å². The van der Waals surface area contributed by atoms with Crippen molar-refractivity contribution in [3.63, 3.8) is 0 Å². The zero-order chi connectivity index (χ0) is 31.6. The number of cyclic esters (lactones) is 1. The van der Waals surface area contributed by atoms with Crippen LogP contribution in [-0.4, -0.2) is 116 Å². The fourth-order valence-electron chi connectivity index (χ4n) is 7.61. The van der Waals surface area contributed by atoms with Crippen LogP contribution in [0.4, 0.5) is 0 Å². The average molecular weight is 598 g/mol. The summed E-state index contributed by atoms with van der Waals surface area (Å²) < 4.78 is 24.6. The lowest BCUT2D eigenvalue weighted by molar-refractivity contribution is -0.288. The smallest absolute Gasteiger partial charge is 0.319 e. The van der Waals surface area contributed by atoms with Crippen LogP contribution in [0.25, 0.3) is 0 Å². The summed E-state index contributed by atoms with van der Waals surface area (Å²) in [6.07, 6.45) is 2.35. The number of carbonyl (C=O) groups excluding carboxylic acids is 2. The van der Waals surface area contributed by atoms with Gasteiger partial charge in [-0.3, -0.25) is 14.5 Å². The third-order valence-electron chi connectivity index (χ3n) is 10.4. The maximum Gasteiger partial charge on any atom is 0.319 e. The molecule has 244 valence electrons. The summed E-state index contributed by atoms with van der Waals surface area (Å²) in [5.74, 6) is -1.03. The van der Waals surface area contributed by atoms with Crippen molar-refractivity contribution in [2.75, 3.05) is 41.4 Å². The van der Waals surface area contributed by atoms with E-state index in [9.17, 15) is 14.7 Å². The topological polar surface area (TPSA) is 124 Å². The summed E-state index contributed by atoms with van der Waals surface area (Å²) >= 11 is 0. The first-order valence-electron chi connectivity index (χ1n) is 15.9. The lowest BCUT2D eigenvalue weighted by atomic mass is 9.74. The number of aliphatic hydroxyl groups excluding tert-OH is 1. The van der Waals surface area contributed by atoms with E-state index in [0.717, 1.165) is 32.2 Å². The van der Waals surface area contributed by atoms with Crippen LogP contribution < -0.4 is 5.73 Å². The van der Waals surface area contributed by atoms with Crippen molar-refractivity contribution in [2.45, 2.75) is 128 Å². The molecule has 1 saturated carbocycles. The van der Waals surface area contributed by atoms with Crippen molar-refractivity contribution >= 4 is 11.8 Å². The third kappa shape index (κ3) is 7.92. The Bertz CT molecular complexity index is 909. The summed E-state index contributed by atoms with van der Waals surface area (Å²) in [7, 11) is 8.01. The molecule has 2 saturated heterocycles. The zero-order valence-corrected chi connectivity index (χ0v) is 27.8. The van der Waals surface area contributed by atoms with Gasteiger partial charge in [-0.1, -0.05) is 13.8 Å². The number of Topliss-reactive ketones (excluding diaryl/α,β-unsaturated/α-hetero) is 1. The van der Waals surface area contributed by atoms with E-state index in [1.165, 1.54) is 0 Å². The number of ketones is 1. The third-order valence-corrected chi connectivity index (χ3v) is 10.4. The lowest BCUT2D eigenvalue weighted by Crippen LogP contribution is -2.59. The van der Waals surface area contributed by atoms with Gasteiger partial charge in [0.05, 0.1) is 17.8 Å². The molecule has 0 bridgehead atoms. The van der Waals surface area contributed by atoms with Gasteiger partial charge in [-0.25, -0.2) is 0 Å². The van der Waals surface area contributed by atoms with Crippen molar-refractivity contribution in [1.29, 1.82) is 0 Å². The minimum absolute atomic E-state index is 0.0539. The molecule has 2 aliphatic heterocycles. The second-order valence-corrected chi connectivity index (χ2v) is 14.5. The first-order chi connectivity index (χ1) is 19.5. The predicted molar refractivity (Wildman–Crippen MR) is 162 cm³/mol. The molecule has 0 aromatic rings. The van der Waals surface area contributed by atoms with Gasteiger partial charge in [-0.2, -0.15) is 0 Å². The van der Waals surface area contributed by atoms with E-state index in [4.69, 9.17) is 24.7 Å². The maximum atomic E-state index is 14.1. The highest BCUT2D eigenvalue weighted by Gasteiger charge is 2.51. The standard InChI is InChI=1S/C32H59N3O7/c1-19-16-32(6,39-10)28(42-29-26(36)24(33)15-20(2)41-29)21(3)27(37)31(4,5)30(38)40-18-25(35(9)17-19)22-11-13-23(14-12-22)34(7)8/h19-26,28-29,36H,11-18,33H2,1-10H3/t19-,20-,21+,22?,23?,24+,25-,26-,28-,29+,32-/m1/s1. The molecule has 3 fully saturated rings. The summed E-state index contributed by atoms with van der Waals surface area (Å²) in [4.78, 5) is 32.3. The Morgan fingerprint density at radius 1 is 1.07 bits per heavy atom. The van der Waals surface area contributed by atoms with Gasteiger partial charge < -0.3 is 34.7 Å². The Hall–Kier alpha value is -1.14. The van der Waals surface area contributed by atoms with E-state index in [0.29, 0.717) is 24.8 Å². The van der Waals surface area contributed by atoms with E-state index >= 15 is 0 Å².